The summed E-state index contributed by atoms with van der Waals surface area (Å²) in [6, 6.07) is 17.7. The molecule has 0 bridgehead atoms. The van der Waals surface area contributed by atoms with Gasteiger partial charge in [0.1, 0.15) is 0 Å². The first-order valence-corrected chi connectivity index (χ1v) is 10.9. The molecular weight excluding hydrogens is 344 g/mol. The molecule has 1 fully saturated rings. The van der Waals surface area contributed by atoms with E-state index in [1.807, 2.05) is 37.3 Å². The first-order valence-electron chi connectivity index (χ1n) is 9.38. The number of hydrogen-bond donors (Lipinski definition) is 2. The Hall–Kier alpha value is -1.69. The fraction of sp³-hybridized carbons (Fsp3) is 0.429. The Morgan fingerprint density at radius 2 is 1.65 bits per heavy atom. The van der Waals surface area contributed by atoms with Gasteiger partial charge in [-0.25, -0.2) is 13.1 Å². The molecule has 0 saturated heterocycles. The maximum absolute atomic E-state index is 12.5. The van der Waals surface area contributed by atoms with Crippen molar-refractivity contribution in [3.05, 3.63) is 65.7 Å². The molecule has 0 aliphatic heterocycles. The van der Waals surface area contributed by atoms with Crippen molar-refractivity contribution in [2.24, 2.45) is 5.92 Å². The van der Waals surface area contributed by atoms with Crippen LogP contribution >= 0.6 is 0 Å². The molecule has 0 heterocycles. The Morgan fingerprint density at radius 3 is 2.38 bits per heavy atom. The van der Waals surface area contributed by atoms with Gasteiger partial charge in [-0.15, -0.1) is 0 Å². The van der Waals surface area contributed by atoms with E-state index in [4.69, 9.17) is 0 Å². The first kappa shape index (κ1) is 19.1. The summed E-state index contributed by atoms with van der Waals surface area (Å²) in [4.78, 5) is 0.340. The second-order valence-electron chi connectivity index (χ2n) is 7.18. The molecule has 0 radical (unpaired) electrons. The quantitative estimate of drug-likeness (QED) is 0.780. The van der Waals surface area contributed by atoms with Gasteiger partial charge in [-0.3, -0.25) is 0 Å². The number of sulfonamides is 1. The summed E-state index contributed by atoms with van der Waals surface area (Å²) in [7, 11) is -3.44. The van der Waals surface area contributed by atoms with Crippen LogP contribution in [0.15, 0.2) is 59.5 Å². The van der Waals surface area contributed by atoms with Crippen molar-refractivity contribution in [2.45, 2.75) is 50.1 Å². The van der Waals surface area contributed by atoms with E-state index in [0.717, 1.165) is 24.9 Å². The fourth-order valence-electron chi connectivity index (χ4n) is 3.58. The third-order valence-corrected chi connectivity index (χ3v) is 6.63. The molecule has 140 valence electrons. The molecule has 0 spiro atoms. The Kier molecular flexibility index (Phi) is 6.46. The predicted octanol–water partition coefficient (Wildman–Crippen LogP) is 3.62. The zero-order valence-electron chi connectivity index (χ0n) is 15.3. The predicted molar refractivity (Wildman–Crippen MR) is 105 cm³/mol. The summed E-state index contributed by atoms with van der Waals surface area (Å²) in [5.41, 5.74) is 2.32. The number of rotatable bonds is 7. The Labute approximate surface area is 157 Å². The highest BCUT2D eigenvalue weighted by atomic mass is 32.2. The second kappa shape index (κ2) is 8.80. The van der Waals surface area contributed by atoms with Gasteiger partial charge >= 0.3 is 0 Å². The summed E-state index contributed by atoms with van der Waals surface area (Å²) in [6.07, 6.45) is 4.53. The van der Waals surface area contributed by atoms with Crippen LogP contribution in [-0.2, 0) is 16.6 Å². The van der Waals surface area contributed by atoms with Gasteiger partial charge in [-0.2, -0.15) is 0 Å². The van der Waals surface area contributed by atoms with E-state index in [0.29, 0.717) is 23.4 Å². The van der Waals surface area contributed by atoms with Crippen molar-refractivity contribution in [1.29, 1.82) is 0 Å². The average molecular weight is 373 g/mol. The monoisotopic (exact) mass is 372 g/mol. The van der Waals surface area contributed by atoms with Crippen LogP contribution in [0.2, 0.25) is 0 Å². The smallest absolute Gasteiger partial charge is 0.240 e. The normalized spacial score (nSPS) is 20.8. The molecule has 2 atom stereocenters. The van der Waals surface area contributed by atoms with E-state index in [9.17, 15) is 8.42 Å². The minimum Gasteiger partial charge on any atom is -0.310 e. The number of benzene rings is 2. The van der Waals surface area contributed by atoms with Crippen LogP contribution in [0.1, 0.15) is 36.8 Å². The van der Waals surface area contributed by atoms with Gasteiger partial charge in [0.25, 0.3) is 0 Å². The Balaban J connectivity index is 1.58. The number of nitrogens with one attached hydrogen (secondary N) is 2. The highest BCUT2D eigenvalue weighted by Crippen LogP contribution is 2.25. The van der Waals surface area contributed by atoms with Gasteiger partial charge in [0.2, 0.25) is 10.0 Å². The summed E-state index contributed by atoms with van der Waals surface area (Å²) in [5, 5.41) is 3.64. The van der Waals surface area contributed by atoms with E-state index in [1.165, 1.54) is 18.4 Å². The summed E-state index contributed by atoms with van der Waals surface area (Å²) >= 11 is 0. The van der Waals surface area contributed by atoms with Crippen LogP contribution in [0, 0.1) is 12.8 Å². The molecule has 3 rings (SSSR count). The molecule has 1 saturated carbocycles. The molecule has 2 aromatic rings. The molecule has 0 amide bonds. The van der Waals surface area contributed by atoms with Gasteiger partial charge in [0.15, 0.2) is 0 Å². The lowest BCUT2D eigenvalue weighted by atomic mass is 9.84. The zero-order valence-corrected chi connectivity index (χ0v) is 16.1. The largest absolute Gasteiger partial charge is 0.310 e. The molecule has 0 aromatic heterocycles. The van der Waals surface area contributed by atoms with Gasteiger partial charge in [-0.1, -0.05) is 60.9 Å². The maximum Gasteiger partial charge on any atom is 0.240 e. The van der Waals surface area contributed by atoms with Crippen LogP contribution in [0.4, 0.5) is 0 Å². The van der Waals surface area contributed by atoms with Crippen molar-refractivity contribution < 1.29 is 8.42 Å². The summed E-state index contributed by atoms with van der Waals surface area (Å²) < 4.78 is 27.9. The zero-order chi connectivity index (χ0) is 18.4. The van der Waals surface area contributed by atoms with E-state index in [2.05, 4.69) is 22.2 Å². The number of aryl methyl sites for hydroxylation is 1. The van der Waals surface area contributed by atoms with Gasteiger partial charge in [0, 0.05) is 19.1 Å². The molecule has 2 aromatic carbocycles. The minimum atomic E-state index is -3.44. The van der Waals surface area contributed by atoms with Crippen LogP contribution in [0.3, 0.4) is 0 Å². The third-order valence-electron chi connectivity index (χ3n) is 5.19. The number of hydrogen-bond acceptors (Lipinski definition) is 3. The molecule has 0 unspecified atom stereocenters. The lowest BCUT2D eigenvalue weighted by Crippen LogP contribution is -2.43. The Bertz CT molecular complexity index is 789. The van der Waals surface area contributed by atoms with Gasteiger partial charge in [-0.05, 0) is 43.4 Å². The van der Waals surface area contributed by atoms with Crippen molar-refractivity contribution in [3.63, 3.8) is 0 Å². The maximum atomic E-state index is 12.5. The second-order valence-corrected chi connectivity index (χ2v) is 8.95. The highest BCUT2D eigenvalue weighted by Gasteiger charge is 2.26. The molecule has 1 aliphatic rings. The molecule has 5 heteroatoms. The first-order chi connectivity index (χ1) is 12.5. The highest BCUT2D eigenvalue weighted by molar-refractivity contribution is 7.89. The van der Waals surface area contributed by atoms with Crippen molar-refractivity contribution in [3.8, 4) is 0 Å². The third kappa shape index (κ3) is 5.16. The van der Waals surface area contributed by atoms with Crippen LogP contribution in [0.5, 0.6) is 0 Å². The van der Waals surface area contributed by atoms with E-state index >= 15 is 0 Å². The van der Waals surface area contributed by atoms with Gasteiger partial charge in [0.05, 0.1) is 4.90 Å². The van der Waals surface area contributed by atoms with E-state index < -0.39 is 10.0 Å². The molecule has 26 heavy (non-hydrogen) atoms. The van der Waals surface area contributed by atoms with Crippen molar-refractivity contribution >= 4 is 10.0 Å². The molecule has 1 aliphatic carbocycles. The average Bonchev–Trinajstić information content (AvgIpc) is 2.66. The summed E-state index contributed by atoms with van der Waals surface area (Å²) in [5.74, 6) is 0.327. The van der Waals surface area contributed by atoms with Crippen LogP contribution in [0.25, 0.3) is 0 Å². The minimum absolute atomic E-state index is 0.327. The SMILES string of the molecule is Cc1ccc(S(=O)(=O)NC[C@@H]2CCCC[C@@H]2NCc2ccccc2)cc1. The fourth-order valence-corrected chi connectivity index (χ4v) is 4.68. The van der Waals surface area contributed by atoms with Crippen molar-refractivity contribution in [2.75, 3.05) is 6.54 Å². The van der Waals surface area contributed by atoms with Gasteiger partial charge < -0.3 is 5.32 Å². The molecule has 4 nitrogen and oxygen atoms in total. The van der Waals surface area contributed by atoms with Crippen LogP contribution < -0.4 is 10.0 Å². The van der Waals surface area contributed by atoms with Crippen LogP contribution in [-0.4, -0.2) is 21.0 Å². The lowest BCUT2D eigenvalue weighted by molar-refractivity contribution is 0.261. The summed E-state index contributed by atoms with van der Waals surface area (Å²) in [6.45, 7) is 3.27. The standard InChI is InChI=1S/C21H28N2O2S/c1-17-11-13-20(14-12-17)26(24,25)23-16-19-9-5-6-10-21(19)22-15-18-7-3-2-4-8-18/h2-4,7-8,11-14,19,21-23H,5-6,9-10,15-16H2,1H3/t19-,21-/m0/s1. The van der Waals surface area contributed by atoms with Crippen molar-refractivity contribution in [1.82, 2.24) is 10.0 Å². The molecule has 2 N–H and O–H groups in total. The Morgan fingerprint density at radius 1 is 0.962 bits per heavy atom. The lowest BCUT2D eigenvalue weighted by Gasteiger charge is -2.32. The van der Waals surface area contributed by atoms with E-state index in [1.54, 1.807) is 12.1 Å². The molecular formula is C21H28N2O2S. The van der Waals surface area contributed by atoms with E-state index in [-0.39, 0.29) is 0 Å². The topological polar surface area (TPSA) is 58.2 Å².